The van der Waals surface area contributed by atoms with Crippen molar-refractivity contribution in [2.24, 2.45) is 5.92 Å². The SMILES string of the molecule is [CH2]CC(=O)OCCCCCC(C)C. The van der Waals surface area contributed by atoms with Gasteiger partial charge in [0.15, 0.2) is 0 Å². The Hall–Kier alpha value is -0.530. The van der Waals surface area contributed by atoms with Crippen molar-refractivity contribution in [2.75, 3.05) is 6.61 Å². The van der Waals surface area contributed by atoms with Gasteiger partial charge in [0.2, 0.25) is 0 Å². The molecule has 0 saturated carbocycles. The molecule has 2 heteroatoms. The molecule has 0 aromatic carbocycles. The average molecular weight is 185 g/mol. The van der Waals surface area contributed by atoms with E-state index in [1.54, 1.807) is 0 Å². The van der Waals surface area contributed by atoms with Gasteiger partial charge in [0.25, 0.3) is 0 Å². The van der Waals surface area contributed by atoms with E-state index in [-0.39, 0.29) is 12.4 Å². The molecule has 0 aromatic heterocycles. The molecule has 0 aliphatic heterocycles. The van der Waals surface area contributed by atoms with E-state index < -0.39 is 0 Å². The second-order valence-electron chi connectivity index (χ2n) is 3.71. The highest BCUT2D eigenvalue weighted by Crippen LogP contribution is 2.07. The smallest absolute Gasteiger partial charge is 0.305 e. The Kier molecular flexibility index (Phi) is 7.76. The van der Waals surface area contributed by atoms with E-state index in [0.29, 0.717) is 6.61 Å². The second-order valence-corrected chi connectivity index (χ2v) is 3.71. The summed E-state index contributed by atoms with van der Waals surface area (Å²) in [6.45, 7) is 8.46. The van der Waals surface area contributed by atoms with Crippen LogP contribution in [-0.2, 0) is 9.53 Å². The predicted molar refractivity (Wildman–Crippen MR) is 54.2 cm³/mol. The Bertz CT molecular complexity index is 130. The maximum Gasteiger partial charge on any atom is 0.305 e. The van der Waals surface area contributed by atoms with Crippen LogP contribution in [0.25, 0.3) is 0 Å². The first-order chi connectivity index (χ1) is 6.16. The van der Waals surface area contributed by atoms with Gasteiger partial charge in [-0.15, -0.1) is 0 Å². The molecule has 0 heterocycles. The summed E-state index contributed by atoms with van der Waals surface area (Å²) in [5.41, 5.74) is 0. The molecule has 0 aliphatic rings. The highest BCUT2D eigenvalue weighted by molar-refractivity contribution is 5.69. The molecule has 0 N–H and O–H groups in total. The molecule has 0 aromatic rings. The number of esters is 1. The van der Waals surface area contributed by atoms with Gasteiger partial charge >= 0.3 is 5.97 Å². The van der Waals surface area contributed by atoms with Gasteiger partial charge in [-0.25, -0.2) is 0 Å². The van der Waals surface area contributed by atoms with Crippen molar-refractivity contribution in [1.29, 1.82) is 0 Å². The third-order valence-electron chi connectivity index (χ3n) is 1.89. The Morgan fingerprint density at radius 1 is 1.31 bits per heavy atom. The normalized spacial score (nSPS) is 10.5. The average Bonchev–Trinajstić information content (AvgIpc) is 2.10. The lowest BCUT2D eigenvalue weighted by Gasteiger charge is -2.04. The first kappa shape index (κ1) is 12.5. The summed E-state index contributed by atoms with van der Waals surface area (Å²) < 4.78 is 4.90. The number of rotatable bonds is 7. The van der Waals surface area contributed by atoms with Gasteiger partial charge in [0, 0.05) is 6.42 Å². The van der Waals surface area contributed by atoms with Crippen LogP contribution in [0.3, 0.4) is 0 Å². The molecular formula is C11H21O2. The van der Waals surface area contributed by atoms with Crippen molar-refractivity contribution in [3.8, 4) is 0 Å². The summed E-state index contributed by atoms with van der Waals surface area (Å²) in [5.74, 6) is 0.589. The van der Waals surface area contributed by atoms with E-state index in [2.05, 4.69) is 20.8 Å². The topological polar surface area (TPSA) is 26.3 Å². The van der Waals surface area contributed by atoms with Crippen molar-refractivity contribution in [1.82, 2.24) is 0 Å². The van der Waals surface area contributed by atoms with Crippen molar-refractivity contribution in [3.63, 3.8) is 0 Å². The number of hydrogen-bond acceptors (Lipinski definition) is 2. The predicted octanol–water partition coefficient (Wildman–Crippen LogP) is 2.97. The zero-order chi connectivity index (χ0) is 10.1. The lowest BCUT2D eigenvalue weighted by atomic mass is 10.1. The first-order valence-corrected chi connectivity index (χ1v) is 5.11. The molecule has 0 amide bonds. The van der Waals surface area contributed by atoms with E-state index in [4.69, 9.17) is 4.74 Å². The van der Waals surface area contributed by atoms with Crippen molar-refractivity contribution in [2.45, 2.75) is 46.0 Å². The Labute approximate surface area is 81.7 Å². The number of hydrogen-bond donors (Lipinski definition) is 0. The molecule has 0 fully saturated rings. The number of unbranched alkanes of at least 4 members (excludes halogenated alkanes) is 2. The van der Waals surface area contributed by atoms with Crippen LogP contribution in [0.5, 0.6) is 0 Å². The molecule has 0 bridgehead atoms. The van der Waals surface area contributed by atoms with Crippen LogP contribution >= 0.6 is 0 Å². The second kappa shape index (κ2) is 8.09. The zero-order valence-corrected chi connectivity index (χ0v) is 8.84. The highest BCUT2D eigenvalue weighted by Gasteiger charge is 1.98. The first-order valence-electron chi connectivity index (χ1n) is 5.11. The number of carbonyl (C=O) groups is 1. The van der Waals surface area contributed by atoms with E-state index in [9.17, 15) is 4.79 Å². The summed E-state index contributed by atoms with van der Waals surface area (Å²) in [7, 11) is 0. The van der Waals surface area contributed by atoms with Crippen LogP contribution in [0.1, 0.15) is 46.0 Å². The minimum atomic E-state index is -0.191. The maximum absolute atomic E-state index is 10.7. The summed E-state index contributed by atoms with van der Waals surface area (Å²) in [4.78, 5) is 10.7. The molecule has 13 heavy (non-hydrogen) atoms. The van der Waals surface area contributed by atoms with Crippen LogP contribution in [-0.4, -0.2) is 12.6 Å². The molecule has 0 rings (SSSR count). The Balaban J connectivity index is 3.04. The summed E-state index contributed by atoms with van der Waals surface area (Å²) in [5, 5.41) is 0. The van der Waals surface area contributed by atoms with Gasteiger partial charge in [-0.05, 0) is 19.3 Å². The summed E-state index contributed by atoms with van der Waals surface area (Å²) >= 11 is 0. The summed E-state index contributed by atoms with van der Waals surface area (Å²) in [6.07, 6.45) is 4.88. The molecular weight excluding hydrogens is 164 g/mol. The molecule has 1 radical (unpaired) electrons. The fourth-order valence-electron chi connectivity index (χ4n) is 1.09. The fourth-order valence-corrected chi connectivity index (χ4v) is 1.09. The molecule has 0 spiro atoms. The van der Waals surface area contributed by atoms with Gasteiger partial charge < -0.3 is 4.74 Å². The quantitative estimate of drug-likeness (QED) is 0.450. The van der Waals surface area contributed by atoms with Crippen LogP contribution in [0.2, 0.25) is 0 Å². The molecule has 77 valence electrons. The third-order valence-corrected chi connectivity index (χ3v) is 1.89. The van der Waals surface area contributed by atoms with E-state index >= 15 is 0 Å². The fraction of sp³-hybridized carbons (Fsp3) is 0.818. The van der Waals surface area contributed by atoms with Gasteiger partial charge in [-0.2, -0.15) is 0 Å². The Morgan fingerprint density at radius 3 is 2.54 bits per heavy atom. The van der Waals surface area contributed by atoms with Gasteiger partial charge in [-0.1, -0.05) is 33.1 Å². The van der Waals surface area contributed by atoms with Crippen LogP contribution < -0.4 is 0 Å². The van der Waals surface area contributed by atoms with E-state index in [1.807, 2.05) is 0 Å². The maximum atomic E-state index is 10.7. The summed E-state index contributed by atoms with van der Waals surface area (Å²) in [6, 6.07) is 0. The zero-order valence-electron chi connectivity index (χ0n) is 8.84. The minimum absolute atomic E-state index is 0.191. The lowest BCUT2D eigenvalue weighted by Crippen LogP contribution is -2.03. The largest absolute Gasteiger partial charge is 0.466 e. The number of ether oxygens (including phenoxy) is 1. The number of carbonyl (C=O) groups excluding carboxylic acids is 1. The van der Waals surface area contributed by atoms with Crippen molar-refractivity contribution in [3.05, 3.63) is 6.92 Å². The standard InChI is InChI=1S/C11H21O2/c1-4-11(12)13-9-7-5-6-8-10(2)3/h10H,1,4-9H2,2-3H3. The third kappa shape index (κ3) is 9.38. The van der Waals surface area contributed by atoms with Crippen LogP contribution in [0.15, 0.2) is 0 Å². The molecule has 0 saturated heterocycles. The van der Waals surface area contributed by atoms with E-state index in [0.717, 1.165) is 18.8 Å². The van der Waals surface area contributed by atoms with Gasteiger partial charge in [0.1, 0.15) is 0 Å². The Morgan fingerprint density at radius 2 is 2.00 bits per heavy atom. The molecule has 0 atom stereocenters. The molecule has 0 aliphatic carbocycles. The monoisotopic (exact) mass is 185 g/mol. The van der Waals surface area contributed by atoms with Crippen LogP contribution in [0.4, 0.5) is 0 Å². The van der Waals surface area contributed by atoms with Gasteiger partial charge in [-0.3, -0.25) is 4.79 Å². The minimum Gasteiger partial charge on any atom is -0.466 e. The van der Waals surface area contributed by atoms with Crippen molar-refractivity contribution < 1.29 is 9.53 Å². The van der Waals surface area contributed by atoms with Gasteiger partial charge in [0.05, 0.1) is 6.61 Å². The molecule has 2 nitrogen and oxygen atoms in total. The van der Waals surface area contributed by atoms with E-state index in [1.165, 1.54) is 12.8 Å². The highest BCUT2D eigenvalue weighted by atomic mass is 16.5. The van der Waals surface area contributed by atoms with Crippen molar-refractivity contribution >= 4 is 5.97 Å². The lowest BCUT2D eigenvalue weighted by molar-refractivity contribution is -0.142. The van der Waals surface area contributed by atoms with Crippen LogP contribution in [0, 0.1) is 12.8 Å². The molecule has 0 unspecified atom stereocenters.